The van der Waals surface area contributed by atoms with Crippen molar-refractivity contribution >= 4 is 0 Å². The number of piperazine rings is 1. The Bertz CT molecular complexity index is 203. The molecule has 1 N–H and O–H groups in total. The Morgan fingerprint density at radius 2 is 1.88 bits per heavy atom. The summed E-state index contributed by atoms with van der Waals surface area (Å²) in [5, 5.41) is 3.71. The van der Waals surface area contributed by atoms with Crippen molar-refractivity contribution in [3.63, 3.8) is 0 Å². The highest BCUT2D eigenvalue weighted by Gasteiger charge is 2.30. The van der Waals surface area contributed by atoms with Crippen LogP contribution in [0.25, 0.3) is 0 Å². The van der Waals surface area contributed by atoms with Crippen LogP contribution in [-0.2, 0) is 0 Å². The average Bonchev–Trinajstić information content (AvgIpc) is 2.37. The zero-order valence-corrected chi connectivity index (χ0v) is 12.5. The standard InChI is InChI=1S/C15H32N2/c1-6-12(4)10-17-11-14(8-3)16-9-15(17)13(5)7-2/h12-16H,6-11H2,1-5H3. The molecule has 1 saturated heterocycles. The quantitative estimate of drug-likeness (QED) is 0.767. The molecule has 1 rings (SSSR count). The molecule has 2 nitrogen and oxygen atoms in total. The van der Waals surface area contributed by atoms with Gasteiger partial charge in [-0.15, -0.1) is 0 Å². The molecule has 0 radical (unpaired) electrons. The first-order chi connectivity index (χ1) is 8.12. The Morgan fingerprint density at radius 1 is 1.18 bits per heavy atom. The van der Waals surface area contributed by atoms with Gasteiger partial charge >= 0.3 is 0 Å². The van der Waals surface area contributed by atoms with Crippen molar-refractivity contribution in [2.45, 2.75) is 66.0 Å². The molecule has 0 aromatic heterocycles. The van der Waals surface area contributed by atoms with E-state index < -0.39 is 0 Å². The van der Waals surface area contributed by atoms with Gasteiger partial charge in [0.05, 0.1) is 0 Å². The summed E-state index contributed by atoms with van der Waals surface area (Å²) in [5.41, 5.74) is 0. The summed E-state index contributed by atoms with van der Waals surface area (Å²) < 4.78 is 0. The maximum absolute atomic E-state index is 3.71. The lowest BCUT2D eigenvalue weighted by atomic mass is 9.93. The van der Waals surface area contributed by atoms with Gasteiger partial charge in [0, 0.05) is 31.7 Å². The van der Waals surface area contributed by atoms with Crippen molar-refractivity contribution < 1.29 is 0 Å². The molecule has 17 heavy (non-hydrogen) atoms. The van der Waals surface area contributed by atoms with Crippen LogP contribution in [-0.4, -0.2) is 36.6 Å². The molecule has 1 aliphatic heterocycles. The molecule has 2 heteroatoms. The SMILES string of the molecule is CCC(C)CN1CC(CC)NCC1C(C)CC. The second-order valence-electron chi connectivity index (χ2n) is 5.93. The van der Waals surface area contributed by atoms with Gasteiger partial charge in [-0.05, 0) is 18.3 Å². The van der Waals surface area contributed by atoms with E-state index in [0.29, 0.717) is 6.04 Å². The topological polar surface area (TPSA) is 15.3 Å². The average molecular weight is 240 g/mol. The number of hydrogen-bond acceptors (Lipinski definition) is 2. The Kier molecular flexibility index (Phi) is 6.50. The van der Waals surface area contributed by atoms with Gasteiger partial charge < -0.3 is 5.32 Å². The normalized spacial score (nSPS) is 30.2. The van der Waals surface area contributed by atoms with E-state index in [1.807, 2.05) is 0 Å². The van der Waals surface area contributed by atoms with Crippen LogP contribution in [0, 0.1) is 11.8 Å². The lowest BCUT2D eigenvalue weighted by Gasteiger charge is -2.44. The molecule has 0 aliphatic carbocycles. The first-order valence-corrected chi connectivity index (χ1v) is 7.59. The Morgan fingerprint density at radius 3 is 2.41 bits per heavy atom. The fourth-order valence-corrected chi connectivity index (χ4v) is 2.75. The molecule has 0 saturated carbocycles. The highest BCUT2D eigenvalue weighted by molar-refractivity contribution is 4.88. The lowest BCUT2D eigenvalue weighted by molar-refractivity contribution is 0.0761. The van der Waals surface area contributed by atoms with Crippen molar-refractivity contribution in [1.82, 2.24) is 10.2 Å². The predicted molar refractivity (Wildman–Crippen MR) is 76.4 cm³/mol. The van der Waals surface area contributed by atoms with E-state index in [-0.39, 0.29) is 0 Å². The number of hydrogen-bond donors (Lipinski definition) is 1. The molecule has 1 fully saturated rings. The van der Waals surface area contributed by atoms with E-state index in [1.54, 1.807) is 0 Å². The van der Waals surface area contributed by atoms with E-state index in [1.165, 1.54) is 38.9 Å². The van der Waals surface area contributed by atoms with Crippen molar-refractivity contribution in [2.24, 2.45) is 11.8 Å². The third-order valence-corrected chi connectivity index (χ3v) is 4.58. The van der Waals surface area contributed by atoms with Gasteiger partial charge in [0.25, 0.3) is 0 Å². The minimum absolute atomic E-state index is 0.708. The number of nitrogens with zero attached hydrogens (tertiary/aromatic N) is 1. The zero-order chi connectivity index (χ0) is 12.8. The second-order valence-corrected chi connectivity index (χ2v) is 5.93. The van der Waals surface area contributed by atoms with E-state index >= 15 is 0 Å². The summed E-state index contributed by atoms with van der Waals surface area (Å²) in [7, 11) is 0. The largest absolute Gasteiger partial charge is 0.311 e. The van der Waals surface area contributed by atoms with Crippen LogP contribution in [0.4, 0.5) is 0 Å². The molecular weight excluding hydrogens is 208 g/mol. The summed E-state index contributed by atoms with van der Waals surface area (Å²) >= 11 is 0. The monoisotopic (exact) mass is 240 g/mol. The smallest absolute Gasteiger partial charge is 0.0246 e. The van der Waals surface area contributed by atoms with Gasteiger partial charge in [0.2, 0.25) is 0 Å². The van der Waals surface area contributed by atoms with Crippen molar-refractivity contribution in [2.75, 3.05) is 19.6 Å². The van der Waals surface area contributed by atoms with Crippen LogP contribution in [0.3, 0.4) is 0 Å². The number of rotatable bonds is 6. The lowest BCUT2D eigenvalue weighted by Crippen LogP contribution is -2.59. The Labute approximate surface area is 108 Å². The van der Waals surface area contributed by atoms with Gasteiger partial charge in [-0.2, -0.15) is 0 Å². The Balaban J connectivity index is 2.60. The third kappa shape index (κ3) is 4.26. The van der Waals surface area contributed by atoms with Crippen molar-refractivity contribution in [3.8, 4) is 0 Å². The van der Waals surface area contributed by atoms with Gasteiger partial charge in [-0.25, -0.2) is 0 Å². The summed E-state index contributed by atoms with van der Waals surface area (Å²) in [6, 6.07) is 1.45. The second kappa shape index (κ2) is 7.38. The van der Waals surface area contributed by atoms with E-state index in [2.05, 4.69) is 44.8 Å². The van der Waals surface area contributed by atoms with Gasteiger partial charge in [0.15, 0.2) is 0 Å². The maximum Gasteiger partial charge on any atom is 0.0246 e. The van der Waals surface area contributed by atoms with Crippen LogP contribution >= 0.6 is 0 Å². The molecule has 4 unspecified atom stereocenters. The van der Waals surface area contributed by atoms with E-state index in [0.717, 1.165) is 17.9 Å². The van der Waals surface area contributed by atoms with Crippen molar-refractivity contribution in [1.29, 1.82) is 0 Å². The maximum atomic E-state index is 3.71. The minimum Gasteiger partial charge on any atom is -0.311 e. The van der Waals surface area contributed by atoms with Gasteiger partial charge in [-0.3, -0.25) is 4.90 Å². The van der Waals surface area contributed by atoms with Gasteiger partial charge in [0.1, 0.15) is 0 Å². The molecule has 1 aliphatic rings. The fourth-order valence-electron chi connectivity index (χ4n) is 2.75. The number of nitrogens with one attached hydrogen (secondary N) is 1. The molecule has 102 valence electrons. The van der Waals surface area contributed by atoms with E-state index in [9.17, 15) is 0 Å². The first-order valence-electron chi connectivity index (χ1n) is 7.59. The van der Waals surface area contributed by atoms with Gasteiger partial charge in [-0.1, -0.05) is 47.5 Å². The molecule has 0 amide bonds. The molecular formula is C15H32N2. The first kappa shape index (κ1) is 15.0. The van der Waals surface area contributed by atoms with Crippen LogP contribution in [0.5, 0.6) is 0 Å². The Hall–Kier alpha value is -0.0800. The summed E-state index contributed by atoms with van der Waals surface area (Å²) in [4.78, 5) is 2.76. The molecule has 4 atom stereocenters. The minimum atomic E-state index is 0.708. The summed E-state index contributed by atoms with van der Waals surface area (Å²) in [6.45, 7) is 15.4. The predicted octanol–water partition coefficient (Wildman–Crippen LogP) is 3.13. The molecule has 0 aromatic rings. The fraction of sp³-hybridized carbons (Fsp3) is 1.00. The highest BCUT2D eigenvalue weighted by atomic mass is 15.2. The van der Waals surface area contributed by atoms with Crippen LogP contribution in [0.2, 0.25) is 0 Å². The van der Waals surface area contributed by atoms with E-state index in [4.69, 9.17) is 0 Å². The molecule has 1 heterocycles. The summed E-state index contributed by atoms with van der Waals surface area (Å²) in [5.74, 6) is 1.64. The zero-order valence-electron chi connectivity index (χ0n) is 12.5. The molecule has 0 spiro atoms. The van der Waals surface area contributed by atoms with Crippen LogP contribution in [0.15, 0.2) is 0 Å². The third-order valence-electron chi connectivity index (χ3n) is 4.58. The highest BCUT2D eigenvalue weighted by Crippen LogP contribution is 2.20. The molecule has 0 aromatic carbocycles. The molecule has 0 bridgehead atoms. The van der Waals surface area contributed by atoms with Crippen molar-refractivity contribution in [3.05, 3.63) is 0 Å². The van der Waals surface area contributed by atoms with Crippen LogP contribution < -0.4 is 5.32 Å². The van der Waals surface area contributed by atoms with Crippen LogP contribution in [0.1, 0.15) is 53.9 Å². The summed E-state index contributed by atoms with van der Waals surface area (Å²) in [6.07, 6.45) is 3.85.